The summed E-state index contributed by atoms with van der Waals surface area (Å²) in [5.41, 5.74) is 2.30. The molecule has 1 atom stereocenters. The molecule has 19 heavy (non-hydrogen) atoms. The van der Waals surface area contributed by atoms with Crippen LogP contribution in [0.2, 0.25) is 0 Å². The highest BCUT2D eigenvalue weighted by atomic mass is 19.1. The molecule has 0 spiro atoms. The first-order chi connectivity index (χ1) is 9.22. The van der Waals surface area contributed by atoms with E-state index in [0.717, 1.165) is 44.6 Å². The molecule has 2 rings (SSSR count). The van der Waals surface area contributed by atoms with Crippen LogP contribution in [0.5, 0.6) is 0 Å². The van der Waals surface area contributed by atoms with E-state index >= 15 is 0 Å². The number of halogens is 1. The lowest BCUT2D eigenvalue weighted by atomic mass is 9.95. The topological polar surface area (TPSA) is 15.3 Å². The van der Waals surface area contributed by atoms with E-state index < -0.39 is 0 Å². The number of hydrogen-bond acceptors (Lipinski definition) is 2. The largest absolute Gasteiger partial charge is 0.314 e. The minimum absolute atomic E-state index is 0.149. The fourth-order valence-electron chi connectivity index (χ4n) is 2.82. The summed E-state index contributed by atoms with van der Waals surface area (Å²) in [5, 5.41) is 3.38. The second-order valence-corrected chi connectivity index (χ2v) is 5.17. The second kappa shape index (κ2) is 6.83. The molecule has 0 radical (unpaired) electrons. The molecule has 3 heteroatoms. The number of hydrogen-bond donors (Lipinski definition) is 1. The van der Waals surface area contributed by atoms with Crippen LogP contribution in [0.1, 0.15) is 30.0 Å². The molecule has 1 aliphatic heterocycles. The van der Waals surface area contributed by atoms with Gasteiger partial charge >= 0.3 is 0 Å². The lowest BCUT2D eigenvalue weighted by Gasteiger charge is -2.36. The minimum Gasteiger partial charge on any atom is -0.314 e. The summed E-state index contributed by atoms with van der Waals surface area (Å²) in [7, 11) is 0. The molecule has 0 amide bonds. The Labute approximate surface area is 115 Å². The first-order valence-electron chi connectivity index (χ1n) is 7.04. The third kappa shape index (κ3) is 3.64. The molecule has 1 N–H and O–H groups in total. The highest BCUT2D eigenvalue weighted by Gasteiger charge is 2.22. The number of allylic oxidation sites excluding steroid dienone is 1. The van der Waals surface area contributed by atoms with Crippen LogP contribution in [-0.4, -0.2) is 31.1 Å². The van der Waals surface area contributed by atoms with E-state index in [-0.39, 0.29) is 5.82 Å². The first-order valence-corrected chi connectivity index (χ1v) is 7.04. The molecule has 0 saturated carbocycles. The van der Waals surface area contributed by atoms with Gasteiger partial charge in [-0.15, -0.1) is 6.58 Å². The predicted octanol–water partition coefficient (Wildman–Crippen LogP) is 3.05. The smallest absolute Gasteiger partial charge is 0.123 e. The van der Waals surface area contributed by atoms with Gasteiger partial charge in [-0.1, -0.05) is 12.1 Å². The van der Waals surface area contributed by atoms with Crippen molar-refractivity contribution in [1.82, 2.24) is 10.2 Å². The van der Waals surface area contributed by atoms with Crippen LogP contribution in [0, 0.1) is 12.7 Å². The Kier molecular flexibility index (Phi) is 5.11. The van der Waals surface area contributed by atoms with Gasteiger partial charge in [0.05, 0.1) is 0 Å². The molecular formula is C16H23FN2. The van der Waals surface area contributed by atoms with Crippen molar-refractivity contribution in [2.45, 2.75) is 25.8 Å². The van der Waals surface area contributed by atoms with Crippen molar-refractivity contribution in [2.24, 2.45) is 0 Å². The van der Waals surface area contributed by atoms with Gasteiger partial charge in [-0.25, -0.2) is 4.39 Å². The van der Waals surface area contributed by atoms with Gasteiger partial charge in [0, 0.05) is 32.2 Å². The summed E-state index contributed by atoms with van der Waals surface area (Å²) in [6.07, 6.45) is 4.01. The quantitative estimate of drug-likeness (QED) is 0.821. The number of nitrogens with one attached hydrogen (secondary N) is 1. The fraction of sp³-hybridized carbons (Fsp3) is 0.500. The third-order valence-corrected chi connectivity index (χ3v) is 3.83. The van der Waals surface area contributed by atoms with Gasteiger partial charge in [0.25, 0.3) is 0 Å². The van der Waals surface area contributed by atoms with Crippen molar-refractivity contribution in [3.05, 3.63) is 47.8 Å². The molecule has 0 bridgehead atoms. The Hall–Kier alpha value is -1.19. The van der Waals surface area contributed by atoms with Crippen molar-refractivity contribution in [3.8, 4) is 0 Å². The van der Waals surface area contributed by atoms with Gasteiger partial charge < -0.3 is 5.32 Å². The highest BCUT2D eigenvalue weighted by molar-refractivity contribution is 5.29. The number of piperazine rings is 1. The van der Waals surface area contributed by atoms with Gasteiger partial charge in [0.1, 0.15) is 5.82 Å². The lowest BCUT2D eigenvalue weighted by Crippen LogP contribution is -2.45. The van der Waals surface area contributed by atoms with Gasteiger partial charge in [-0.05, 0) is 43.0 Å². The van der Waals surface area contributed by atoms with Crippen molar-refractivity contribution < 1.29 is 4.39 Å². The molecule has 2 nitrogen and oxygen atoms in total. The summed E-state index contributed by atoms with van der Waals surface area (Å²) in [5.74, 6) is -0.149. The molecule has 1 saturated heterocycles. The zero-order valence-corrected chi connectivity index (χ0v) is 11.7. The van der Waals surface area contributed by atoms with Crippen LogP contribution in [-0.2, 0) is 0 Å². The molecule has 1 heterocycles. The number of benzene rings is 1. The normalized spacial score (nSPS) is 18.2. The highest BCUT2D eigenvalue weighted by Crippen LogP contribution is 2.29. The summed E-state index contributed by atoms with van der Waals surface area (Å²) in [4.78, 5) is 2.50. The monoisotopic (exact) mass is 262 g/mol. The van der Waals surface area contributed by atoms with E-state index in [0.29, 0.717) is 6.04 Å². The van der Waals surface area contributed by atoms with Crippen molar-refractivity contribution in [2.75, 3.05) is 26.2 Å². The van der Waals surface area contributed by atoms with Gasteiger partial charge in [0.2, 0.25) is 0 Å². The Morgan fingerprint density at radius 1 is 1.42 bits per heavy atom. The summed E-state index contributed by atoms with van der Waals surface area (Å²) in [6.45, 7) is 9.99. The molecule has 1 fully saturated rings. The van der Waals surface area contributed by atoms with E-state index in [2.05, 4.69) is 16.8 Å². The van der Waals surface area contributed by atoms with E-state index in [1.807, 2.05) is 19.1 Å². The Balaban J connectivity index is 2.22. The Morgan fingerprint density at radius 3 is 2.79 bits per heavy atom. The number of rotatable bonds is 5. The maximum absolute atomic E-state index is 13.3. The minimum atomic E-state index is -0.149. The van der Waals surface area contributed by atoms with E-state index in [1.54, 1.807) is 12.1 Å². The summed E-state index contributed by atoms with van der Waals surface area (Å²) >= 11 is 0. The van der Waals surface area contributed by atoms with E-state index in [1.165, 1.54) is 5.56 Å². The predicted molar refractivity (Wildman–Crippen MR) is 77.8 cm³/mol. The molecule has 1 aromatic carbocycles. The summed E-state index contributed by atoms with van der Waals surface area (Å²) in [6, 6.07) is 5.53. The molecular weight excluding hydrogens is 239 g/mol. The average Bonchev–Trinajstić information content (AvgIpc) is 2.42. The van der Waals surface area contributed by atoms with E-state index in [4.69, 9.17) is 0 Å². The molecule has 0 aliphatic carbocycles. The van der Waals surface area contributed by atoms with Gasteiger partial charge in [-0.3, -0.25) is 4.90 Å². The first kappa shape index (κ1) is 14.2. The molecule has 1 aromatic rings. The Bertz CT molecular complexity index is 425. The van der Waals surface area contributed by atoms with Gasteiger partial charge in [0.15, 0.2) is 0 Å². The zero-order chi connectivity index (χ0) is 13.7. The van der Waals surface area contributed by atoms with Gasteiger partial charge in [-0.2, -0.15) is 0 Å². The molecule has 0 aromatic heterocycles. The molecule has 0 unspecified atom stereocenters. The van der Waals surface area contributed by atoms with E-state index in [9.17, 15) is 4.39 Å². The van der Waals surface area contributed by atoms with Crippen molar-refractivity contribution >= 4 is 0 Å². The number of nitrogens with zero attached hydrogens (tertiary/aromatic N) is 1. The third-order valence-electron chi connectivity index (χ3n) is 3.83. The lowest BCUT2D eigenvalue weighted by molar-refractivity contribution is 0.165. The van der Waals surface area contributed by atoms with Crippen molar-refractivity contribution in [1.29, 1.82) is 0 Å². The number of aryl methyl sites for hydroxylation is 1. The van der Waals surface area contributed by atoms with Crippen LogP contribution in [0.4, 0.5) is 4.39 Å². The van der Waals surface area contributed by atoms with Crippen LogP contribution < -0.4 is 5.32 Å². The fourth-order valence-corrected chi connectivity index (χ4v) is 2.82. The zero-order valence-electron chi connectivity index (χ0n) is 11.7. The maximum atomic E-state index is 13.3. The van der Waals surface area contributed by atoms with Crippen LogP contribution >= 0.6 is 0 Å². The van der Waals surface area contributed by atoms with Crippen LogP contribution in [0.3, 0.4) is 0 Å². The standard InChI is InChI=1S/C16H23FN2/c1-3-4-5-16(19-10-8-18-9-11-19)15-7-6-14(17)12-13(15)2/h3,6-7,12,16,18H,1,4-5,8-11H2,2H3/t16-/m1/s1. The SMILES string of the molecule is C=CCC[C@H](c1ccc(F)cc1C)N1CCNCC1. The average molecular weight is 262 g/mol. The molecule has 104 valence electrons. The summed E-state index contributed by atoms with van der Waals surface area (Å²) < 4.78 is 13.3. The van der Waals surface area contributed by atoms with Crippen LogP contribution in [0.25, 0.3) is 0 Å². The molecule has 1 aliphatic rings. The van der Waals surface area contributed by atoms with Crippen molar-refractivity contribution in [3.63, 3.8) is 0 Å². The van der Waals surface area contributed by atoms with Crippen LogP contribution in [0.15, 0.2) is 30.9 Å². The Morgan fingerprint density at radius 2 is 2.16 bits per heavy atom. The maximum Gasteiger partial charge on any atom is 0.123 e. The second-order valence-electron chi connectivity index (χ2n) is 5.17.